The van der Waals surface area contributed by atoms with Crippen molar-refractivity contribution in [2.24, 2.45) is 0 Å². The van der Waals surface area contributed by atoms with Crippen LogP contribution in [-0.2, 0) is 4.74 Å². The van der Waals surface area contributed by atoms with Gasteiger partial charge in [-0.25, -0.2) is 9.78 Å². The molecule has 1 aliphatic heterocycles. The van der Waals surface area contributed by atoms with Crippen LogP contribution in [-0.4, -0.2) is 59.1 Å². The first-order chi connectivity index (χ1) is 15.9. The highest BCUT2D eigenvalue weighted by Crippen LogP contribution is 2.29. The van der Waals surface area contributed by atoms with Crippen molar-refractivity contribution in [1.29, 1.82) is 0 Å². The van der Waals surface area contributed by atoms with E-state index >= 15 is 0 Å². The maximum atomic E-state index is 13.2. The Morgan fingerprint density at radius 2 is 1.88 bits per heavy atom. The van der Waals surface area contributed by atoms with E-state index in [-0.39, 0.29) is 18.0 Å². The lowest BCUT2D eigenvalue weighted by Gasteiger charge is -2.39. The molecule has 2 amide bonds. The number of ether oxygens (including phenoxy) is 1. The number of amides is 2. The van der Waals surface area contributed by atoms with Gasteiger partial charge in [0.15, 0.2) is 0 Å². The number of fused-ring (bicyclic) bond motifs is 1. The minimum absolute atomic E-state index is 0.0796. The number of aryl methyl sites for hydroxylation is 1. The molecule has 0 spiro atoms. The molecule has 0 aliphatic carbocycles. The van der Waals surface area contributed by atoms with Crippen LogP contribution in [0.5, 0.6) is 0 Å². The Morgan fingerprint density at radius 3 is 2.58 bits per heavy atom. The van der Waals surface area contributed by atoms with Gasteiger partial charge in [-0.05, 0) is 38.5 Å². The zero-order valence-corrected chi connectivity index (χ0v) is 19.9. The first-order valence-corrected chi connectivity index (χ1v) is 11.6. The Labute approximate surface area is 199 Å². The first-order valence-electron chi connectivity index (χ1n) is 11.3. The van der Waals surface area contributed by atoms with Crippen molar-refractivity contribution in [3.63, 3.8) is 0 Å². The van der Waals surface area contributed by atoms with Gasteiger partial charge in [-0.3, -0.25) is 4.79 Å². The number of hydrogen-bond acceptors (Lipinski definition) is 4. The van der Waals surface area contributed by atoms with Crippen molar-refractivity contribution in [2.45, 2.75) is 33.2 Å². The lowest BCUT2D eigenvalue weighted by atomic mass is 10.1. The molecule has 1 atom stereocenters. The van der Waals surface area contributed by atoms with Crippen LogP contribution in [0.25, 0.3) is 22.2 Å². The Morgan fingerprint density at radius 1 is 1.12 bits per heavy atom. The molecule has 7 heteroatoms. The Balaban J connectivity index is 1.55. The molecule has 1 aromatic heterocycles. The molecule has 0 bridgehead atoms. The minimum Gasteiger partial charge on any atom is -0.449 e. The number of benzene rings is 2. The topological polar surface area (TPSA) is 62.7 Å². The monoisotopic (exact) mass is 465 g/mol. The zero-order valence-electron chi connectivity index (χ0n) is 19.2. The average molecular weight is 466 g/mol. The van der Waals surface area contributed by atoms with Gasteiger partial charge in [-0.1, -0.05) is 54.4 Å². The fourth-order valence-corrected chi connectivity index (χ4v) is 4.32. The highest BCUT2D eigenvalue weighted by atomic mass is 35.5. The Hall–Kier alpha value is -3.12. The summed E-state index contributed by atoms with van der Waals surface area (Å²) in [7, 11) is 0. The van der Waals surface area contributed by atoms with Crippen molar-refractivity contribution < 1.29 is 14.3 Å². The molecule has 0 N–H and O–H groups in total. The quantitative estimate of drug-likeness (QED) is 0.506. The summed E-state index contributed by atoms with van der Waals surface area (Å²) in [5, 5.41) is 1.41. The van der Waals surface area contributed by atoms with Crippen LogP contribution in [0.1, 0.15) is 36.2 Å². The second-order valence-corrected chi connectivity index (χ2v) is 8.90. The van der Waals surface area contributed by atoms with Gasteiger partial charge in [0.1, 0.15) is 0 Å². The van der Waals surface area contributed by atoms with E-state index in [0.717, 1.165) is 23.1 Å². The van der Waals surface area contributed by atoms with Crippen molar-refractivity contribution in [3.05, 3.63) is 64.7 Å². The summed E-state index contributed by atoms with van der Waals surface area (Å²) in [6.45, 7) is 7.70. The van der Waals surface area contributed by atoms with Crippen LogP contribution in [0.4, 0.5) is 4.79 Å². The fraction of sp³-hybridized carbons (Fsp3) is 0.346. The molecule has 33 heavy (non-hydrogen) atoms. The molecule has 1 saturated heterocycles. The molecule has 1 aliphatic rings. The standard InChI is InChI=1S/C26H28ClN3O3/c1-4-13-33-26(32)30-12-11-29(16-18(30)3)25(31)20-9-10-21-22(27)15-23(28-24(21)14-20)19-7-5-17(2)6-8-19/h5-10,14-15,18H,4,11-13,16H2,1-3H3/t18-/m1/s1. The van der Waals surface area contributed by atoms with Gasteiger partial charge in [-0.2, -0.15) is 0 Å². The van der Waals surface area contributed by atoms with Gasteiger partial charge >= 0.3 is 6.09 Å². The number of aromatic nitrogens is 1. The molecular formula is C26H28ClN3O3. The number of pyridine rings is 1. The van der Waals surface area contributed by atoms with Crippen molar-refractivity contribution in [3.8, 4) is 11.3 Å². The maximum Gasteiger partial charge on any atom is 0.410 e. The second kappa shape index (κ2) is 9.79. The van der Waals surface area contributed by atoms with Crippen molar-refractivity contribution in [2.75, 3.05) is 26.2 Å². The number of carbonyl (C=O) groups excluding carboxylic acids is 2. The fourth-order valence-electron chi connectivity index (χ4n) is 4.06. The van der Waals surface area contributed by atoms with Crippen molar-refractivity contribution >= 4 is 34.5 Å². The summed E-state index contributed by atoms with van der Waals surface area (Å²) in [5.74, 6) is -0.0796. The summed E-state index contributed by atoms with van der Waals surface area (Å²) in [6.07, 6.45) is 0.467. The third-order valence-electron chi connectivity index (χ3n) is 5.93. The van der Waals surface area contributed by atoms with Crippen LogP contribution in [0, 0.1) is 6.92 Å². The number of piperazine rings is 1. The predicted molar refractivity (Wildman–Crippen MR) is 131 cm³/mol. The smallest absolute Gasteiger partial charge is 0.410 e. The summed E-state index contributed by atoms with van der Waals surface area (Å²) >= 11 is 6.54. The number of halogens is 1. The highest BCUT2D eigenvalue weighted by molar-refractivity contribution is 6.35. The number of rotatable bonds is 4. The van der Waals surface area contributed by atoms with Gasteiger partial charge < -0.3 is 14.5 Å². The third kappa shape index (κ3) is 4.96. The van der Waals surface area contributed by atoms with Crippen molar-refractivity contribution in [1.82, 2.24) is 14.8 Å². The molecule has 0 unspecified atom stereocenters. The van der Waals surface area contributed by atoms with Crippen LogP contribution in [0.3, 0.4) is 0 Å². The van der Waals surface area contributed by atoms with Crippen LogP contribution < -0.4 is 0 Å². The van der Waals surface area contributed by atoms with E-state index in [9.17, 15) is 9.59 Å². The van der Waals surface area contributed by atoms with Gasteiger partial charge in [0.25, 0.3) is 5.91 Å². The zero-order chi connectivity index (χ0) is 23.5. The lowest BCUT2D eigenvalue weighted by molar-refractivity contribution is 0.0412. The molecule has 2 aromatic carbocycles. The van der Waals surface area contributed by atoms with E-state index in [0.29, 0.717) is 42.3 Å². The first kappa shape index (κ1) is 23.1. The molecule has 2 heterocycles. The second-order valence-electron chi connectivity index (χ2n) is 8.50. The van der Waals surface area contributed by atoms with Gasteiger partial charge in [-0.15, -0.1) is 0 Å². The molecule has 172 valence electrons. The van der Waals surface area contributed by atoms with Crippen LogP contribution in [0.15, 0.2) is 48.5 Å². The lowest BCUT2D eigenvalue weighted by Crippen LogP contribution is -2.55. The summed E-state index contributed by atoms with van der Waals surface area (Å²) < 4.78 is 5.26. The van der Waals surface area contributed by atoms with Gasteiger partial charge in [0.2, 0.25) is 0 Å². The minimum atomic E-state index is -0.315. The molecular weight excluding hydrogens is 438 g/mol. The van der Waals surface area contributed by atoms with E-state index in [1.54, 1.807) is 21.9 Å². The third-order valence-corrected chi connectivity index (χ3v) is 6.25. The van der Waals surface area contributed by atoms with E-state index in [1.165, 1.54) is 5.56 Å². The molecule has 0 saturated carbocycles. The summed E-state index contributed by atoms with van der Waals surface area (Å²) in [6, 6.07) is 15.3. The van der Waals surface area contributed by atoms with E-state index < -0.39 is 0 Å². The normalized spacial score (nSPS) is 16.2. The van der Waals surface area contributed by atoms with E-state index in [4.69, 9.17) is 21.3 Å². The SMILES string of the molecule is CCCOC(=O)N1CCN(C(=O)c2ccc3c(Cl)cc(-c4ccc(C)cc4)nc3c2)C[C@H]1C. The number of carbonyl (C=O) groups is 2. The van der Waals surface area contributed by atoms with Gasteiger partial charge in [0, 0.05) is 42.2 Å². The Bertz CT molecular complexity index is 1180. The highest BCUT2D eigenvalue weighted by Gasteiger charge is 2.31. The molecule has 1 fully saturated rings. The average Bonchev–Trinajstić information content (AvgIpc) is 2.82. The molecule has 3 aromatic rings. The largest absolute Gasteiger partial charge is 0.449 e. The molecule has 6 nitrogen and oxygen atoms in total. The summed E-state index contributed by atoms with van der Waals surface area (Å²) in [5.41, 5.74) is 4.15. The van der Waals surface area contributed by atoms with Crippen LogP contribution in [0.2, 0.25) is 5.02 Å². The Kier molecular flexibility index (Phi) is 6.84. The predicted octanol–water partition coefficient (Wildman–Crippen LogP) is 5.56. The maximum absolute atomic E-state index is 13.2. The van der Waals surface area contributed by atoms with Gasteiger partial charge in [0.05, 0.1) is 22.8 Å². The number of nitrogens with zero attached hydrogens (tertiary/aromatic N) is 3. The van der Waals surface area contributed by atoms with Crippen LogP contribution >= 0.6 is 11.6 Å². The summed E-state index contributed by atoms with van der Waals surface area (Å²) in [4.78, 5) is 33.7. The molecule has 0 radical (unpaired) electrons. The number of hydrogen-bond donors (Lipinski definition) is 0. The van der Waals surface area contributed by atoms with E-state index in [2.05, 4.69) is 0 Å². The molecule has 4 rings (SSSR count). The van der Waals surface area contributed by atoms with E-state index in [1.807, 2.05) is 57.2 Å².